The van der Waals surface area contributed by atoms with Crippen LogP contribution in [0.15, 0.2) is 47.1 Å². The van der Waals surface area contributed by atoms with Gasteiger partial charge in [-0.3, -0.25) is 4.79 Å². The number of carboxylic acids is 1. The van der Waals surface area contributed by atoms with Gasteiger partial charge in [0.05, 0.1) is 11.8 Å². The second-order valence-corrected chi connectivity index (χ2v) is 4.84. The Morgan fingerprint density at radius 1 is 1.24 bits per heavy atom. The van der Waals surface area contributed by atoms with Crippen molar-refractivity contribution in [3.05, 3.63) is 59.0 Å². The molecule has 1 aromatic heterocycles. The lowest BCUT2D eigenvalue weighted by Gasteiger charge is -2.14. The van der Waals surface area contributed by atoms with Gasteiger partial charge in [0, 0.05) is 0 Å². The van der Waals surface area contributed by atoms with E-state index >= 15 is 0 Å². The van der Waals surface area contributed by atoms with E-state index in [0.29, 0.717) is 12.8 Å². The van der Waals surface area contributed by atoms with Crippen molar-refractivity contribution in [2.45, 2.75) is 18.9 Å². The van der Waals surface area contributed by atoms with Gasteiger partial charge in [-0.25, -0.2) is 4.79 Å². The van der Waals surface area contributed by atoms with Crippen LogP contribution in [0, 0.1) is 0 Å². The third-order valence-corrected chi connectivity index (χ3v) is 3.32. The van der Waals surface area contributed by atoms with Crippen LogP contribution >= 0.6 is 11.6 Å². The molecule has 0 aliphatic rings. The van der Waals surface area contributed by atoms with Crippen molar-refractivity contribution in [3.8, 4) is 0 Å². The number of carboxylic acid groups (broad SMARTS) is 1. The molecule has 0 radical (unpaired) electrons. The highest BCUT2D eigenvalue weighted by Gasteiger charge is 2.22. The number of benzene rings is 1. The molecule has 0 unspecified atom stereocenters. The lowest BCUT2D eigenvalue weighted by atomic mass is 10.1. The first-order valence-electron chi connectivity index (χ1n) is 6.38. The molecule has 0 aliphatic carbocycles. The summed E-state index contributed by atoms with van der Waals surface area (Å²) in [5, 5.41) is 11.6. The van der Waals surface area contributed by atoms with E-state index in [2.05, 4.69) is 5.32 Å². The molecule has 1 aromatic carbocycles. The molecular weight excluding hydrogens is 294 g/mol. The Morgan fingerprint density at radius 3 is 2.52 bits per heavy atom. The number of amides is 1. The first kappa shape index (κ1) is 15.1. The van der Waals surface area contributed by atoms with Crippen LogP contribution in [-0.4, -0.2) is 23.0 Å². The number of aliphatic carboxylic acids is 1. The molecule has 0 bridgehead atoms. The summed E-state index contributed by atoms with van der Waals surface area (Å²) in [6.45, 7) is 0. The Labute approximate surface area is 126 Å². The van der Waals surface area contributed by atoms with Gasteiger partial charge in [-0.1, -0.05) is 30.3 Å². The molecule has 21 heavy (non-hydrogen) atoms. The summed E-state index contributed by atoms with van der Waals surface area (Å²) in [7, 11) is 0. The van der Waals surface area contributed by atoms with E-state index in [0.717, 1.165) is 5.56 Å². The predicted molar refractivity (Wildman–Crippen MR) is 77.4 cm³/mol. The number of carbonyl (C=O) groups is 2. The fourth-order valence-corrected chi connectivity index (χ4v) is 2.11. The number of hydrogen-bond acceptors (Lipinski definition) is 3. The summed E-state index contributed by atoms with van der Waals surface area (Å²) in [5.41, 5.74) is 1.14. The largest absolute Gasteiger partial charge is 0.480 e. The monoisotopic (exact) mass is 307 g/mol. The molecule has 1 heterocycles. The molecule has 0 spiro atoms. The van der Waals surface area contributed by atoms with E-state index in [4.69, 9.17) is 16.0 Å². The fraction of sp³-hybridized carbons (Fsp3) is 0.200. The molecule has 1 atom stereocenters. The Hall–Kier alpha value is -2.27. The van der Waals surface area contributed by atoms with Crippen LogP contribution in [0.2, 0.25) is 5.22 Å². The predicted octanol–water partition coefficient (Wildman–Crippen LogP) is 2.75. The minimum absolute atomic E-state index is 0.0558. The molecular formula is C15H14ClNO4. The quantitative estimate of drug-likeness (QED) is 0.860. The third-order valence-electron chi connectivity index (χ3n) is 3.03. The molecule has 6 heteroatoms. The molecule has 110 valence electrons. The zero-order valence-electron chi connectivity index (χ0n) is 11.1. The van der Waals surface area contributed by atoms with Gasteiger partial charge in [-0.05, 0) is 36.1 Å². The molecule has 1 amide bonds. The standard InChI is InChI=1S/C15H14ClNO4/c16-13-11(8-9-21-13)14(18)17-12(15(19)20)7-6-10-4-2-1-3-5-10/h1-5,8-9,12H,6-7H2,(H,17,18)(H,19,20)/t12-/m0/s1. The summed E-state index contributed by atoms with van der Waals surface area (Å²) in [4.78, 5) is 23.2. The molecule has 2 aromatic rings. The summed E-state index contributed by atoms with van der Waals surface area (Å²) in [5.74, 6) is -1.65. The van der Waals surface area contributed by atoms with Gasteiger partial charge < -0.3 is 14.8 Å². The van der Waals surface area contributed by atoms with Crippen LogP contribution in [0.4, 0.5) is 0 Å². The molecule has 0 fully saturated rings. The number of hydrogen-bond donors (Lipinski definition) is 2. The second-order valence-electron chi connectivity index (χ2n) is 4.50. The van der Waals surface area contributed by atoms with E-state index < -0.39 is 17.9 Å². The SMILES string of the molecule is O=C(N[C@@H](CCc1ccccc1)C(=O)O)c1ccoc1Cl. The lowest BCUT2D eigenvalue weighted by molar-refractivity contribution is -0.139. The summed E-state index contributed by atoms with van der Waals surface area (Å²) in [6.07, 6.45) is 2.12. The summed E-state index contributed by atoms with van der Waals surface area (Å²) < 4.78 is 4.81. The van der Waals surface area contributed by atoms with Crippen molar-refractivity contribution in [1.82, 2.24) is 5.32 Å². The minimum Gasteiger partial charge on any atom is -0.480 e. The van der Waals surface area contributed by atoms with E-state index in [1.165, 1.54) is 12.3 Å². The second kappa shape index (κ2) is 6.95. The fourth-order valence-electron chi connectivity index (χ4n) is 1.90. The number of carbonyl (C=O) groups excluding carboxylic acids is 1. The van der Waals surface area contributed by atoms with Crippen molar-refractivity contribution < 1.29 is 19.1 Å². The maximum atomic E-state index is 11.9. The van der Waals surface area contributed by atoms with Crippen molar-refractivity contribution in [3.63, 3.8) is 0 Å². The molecule has 2 N–H and O–H groups in total. The molecule has 0 saturated heterocycles. The van der Waals surface area contributed by atoms with Gasteiger partial charge in [0.1, 0.15) is 6.04 Å². The van der Waals surface area contributed by atoms with Crippen LogP contribution in [0.1, 0.15) is 22.3 Å². The first-order valence-corrected chi connectivity index (χ1v) is 6.76. The van der Waals surface area contributed by atoms with Crippen LogP contribution in [0.3, 0.4) is 0 Å². The Bertz CT molecular complexity index is 624. The molecule has 5 nitrogen and oxygen atoms in total. The van der Waals surface area contributed by atoms with Gasteiger partial charge in [0.15, 0.2) is 0 Å². The maximum absolute atomic E-state index is 11.9. The van der Waals surface area contributed by atoms with Crippen LogP contribution < -0.4 is 5.32 Å². The topological polar surface area (TPSA) is 79.5 Å². The van der Waals surface area contributed by atoms with Crippen LogP contribution in [0.5, 0.6) is 0 Å². The highest BCUT2D eigenvalue weighted by Crippen LogP contribution is 2.16. The average molecular weight is 308 g/mol. The summed E-state index contributed by atoms with van der Waals surface area (Å²) in [6, 6.07) is 9.89. The number of rotatable bonds is 6. The van der Waals surface area contributed by atoms with Gasteiger partial charge in [-0.2, -0.15) is 0 Å². The Morgan fingerprint density at radius 2 is 1.95 bits per heavy atom. The van der Waals surface area contributed by atoms with Crippen LogP contribution in [-0.2, 0) is 11.2 Å². The van der Waals surface area contributed by atoms with Gasteiger partial charge in [0.25, 0.3) is 5.91 Å². The zero-order chi connectivity index (χ0) is 15.2. The highest BCUT2D eigenvalue weighted by atomic mass is 35.5. The lowest BCUT2D eigenvalue weighted by Crippen LogP contribution is -2.41. The van der Waals surface area contributed by atoms with E-state index in [9.17, 15) is 14.7 Å². The van der Waals surface area contributed by atoms with E-state index in [1.54, 1.807) is 0 Å². The van der Waals surface area contributed by atoms with Crippen LogP contribution in [0.25, 0.3) is 0 Å². The smallest absolute Gasteiger partial charge is 0.326 e. The number of aryl methyl sites for hydroxylation is 1. The average Bonchev–Trinajstić information content (AvgIpc) is 2.90. The minimum atomic E-state index is -1.08. The number of halogens is 1. The molecule has 0 saturated carbocycles. The van der Waals surface area contributed by atoms with Gasteiger partial charge in [-0.15, -0.1) is 0 Å². The third kappa shape index (κ3) is 4.10. The Kier molecular flexibility index (Phi) is 5.00. The van der Waals surface area contributed by atoms with Gasteiger partial charge in [0.2, 0.25) is 5.22 Å². The molecule has 0 aliphatic heterocycles. The van der Waals surface area contributed by atoms with E-state index in [1.807, 2.05) is 30.3 Å². The number of furan rings is 1. The summed E-state index contributed by atoms with van der Waals surface area (Å²) >= 11 is 5.70. The first-order chi connectivity index (χ1) is 10.1. The number of nitrogens with one attached hydrogen (secondary N) is 1. The van der Waals surface area contributed by atoms with Crippen molar-refractivity contribution in [1.29, 1.82) is 0 Å². The van der Waals surface area contributed by atoms with Crippen molar-refractivity contribution in [2.24, 2.45) is 0 Å². The van der Waals surface area contributed by atoms with Crippen molar-refractivity contribution in [2.75, 3.05) is 0 Å². The Balaban J connectivity index is 1.98. The van der Waals surface area contributed by atoms with E-state index in [-0.39, 0.29) is 10.8 Å². The molecule has 2 rings (SSSR count). The maximum Gasteiger partial charge on any atom is 0.326 e. The normalized spacial score (nSPS) is 11.9. The zero-order valence-corrected chi connectivity index (χ0v) is 11.8. The highest BCUT2D eigenvalue weighted by molar-refractivity contribution is 6.32. The van der Waals surface area contributed by atoms with Gasteiger partial charge >= 0.3 is 5.97 Å². The van der Waals surface area contributed by atoms with Crippen molar-refractivity contribution >= 4 is 23.5 Å².